The van der Waals surface area contributed by atoms with Crippen LogP contribution in [0.4, 0.5) is 0 Å². The molecule has 2 aromatic heterocycles. The average molecular weight is 306 g/mol. The Labute approximate surface area is 126 Å². The van der Waals surface area contributed by atoms with Crippen molar-refractivity contribution in [3.05, 3.63) is 33.3 Å². The summed E-state index contributed by atoms with van der Waals surface area (Å²) in [4.78, 5) is 23.5. The molecule has 8 nitrogen and oxygen atoms in total. The van der Waals surface area contributed by atoms with Crippen LogP contribution in [-0.4, -0.2) is 30.6 Å². The van der Waals surface area contributed by atoms with Gasteiger partial charge in [-0.1, -0.05) is 5.16 Å². The number of carbonyl (C=O) groups is 1. The van der Waals surface area contributed by atoms with E-state index in [1.807, 2.05) is 6.92 Å². The third-order valence-electron chi connectivity index (χ3n) is 4.26. The Morgan fingerprint density at radius 1 is 1.41 bits per heavy atom. The van der Waals surface area contributed by atoms with E-state index in [4.69, 9.17) is 9.63 Å². The summed E-state index contributed by atoms with van der Waals surface area (Å²) in [6.45, 7) is 4.35. The van der Waals surface area contributed by atoms with Gasteiger partial charge in [-0.05, 0) is 26.7 Å². The van der Waals surface area contributed by atoms with E-state index in [2.05, 4.69) is 10.3 Å². The lowest BCUT2D eigenvalue weighted by Crippen LogP contribution is -2.26. The number of aryl methyl sites for hydroxylation is 3. The monoisotopic (exact) mass is 306 g/mol. The fraction of sp³-hybridized carbons (Fsp3) is 0.571. The van der Waals surface area contributed by atoms with Crippen molar-refractivity contribution < 1.29 is 14.4 Å². The van der Waals surface area contributed by atoms with Crippen molar-refractivity contribution in [1.82, 2.24) is 19.5 Å². The van der Waals surface area contributed by atoms with Gasteiger partial charge >= 0.3 is 11.7 Å². The van der Waals surface area contributed by atoms with Crippen molar-refractivity contribution >= 4 is 5.97 Å². The Kier molecular flexibility index (Phi) is 3.59. The van der Waals surface area contributed by atoms with Crippen molar-refractivity contribution in [1.29, 1.82) is 0 Å². The number of hydrogen-bond acceptors (Lipinski definition) is 5. The first-order chi connectivity index (χ1) is 10.5. The normalized spacial score (nSPS) is 18.0. The summed E-state index contributed by atoms with van der Waals surface area (Å²) in [6.07, 6.45) is 1.47. The van der Waals surface area contributed by atoms with E-state index in [0.29, 0.717) is 43.9 Å². The number of rotatable bonds is 3. The highest BCUT2D eigenvalue weighted by atomic mass is 16.5. The minimum Gasteiger partial charge on any atom is -0.481 e. The van der Waals surface area contributed by atoms with Crippen molar-refractivity contribution in [2.24, 2.45) is 5.92 Å². The van der Waals surface area contributed by atoms with E-state index in [0.717, 1.165) is 11.3 Å². The van der Waals surface area contributed by atoms with Crippen LogP contribution in [0.15, 0.2) is 9.32 Å². The molecule has 0 radical (unpaired) electrons. The summed E-state index contributed by atoms with van der Waals surface area (Å²) in [6, 6.07) is 0. The molecular weight excluding hydrogens is 288 g/mol. The molecule has 22 heavy (non-hydrogen) atoms. The molecule has 0 spiro atoms. The molecular formula is C14H18N4O4. The third-order valence-corrected chi connectivity index (χ3v) is 4.26. The molecule has 118 valence electrons. The quantitative estimate of drug-likeness (QED) is 0.897. The Hall–Kier alpha value is -2.38. The highest BCUT2D eigenvalue weighted by Gasteiger charge is 2.25. The zero-order valence-electron chi connectivity index (χ0n) is 12.6. The summed E-state index contributed by atoms with van der Waals surface area (Å²) >= 11 is 0. The molecule has 1 N–H and O–H groups in total. The van der Waals surface area contributed by atoms with E-state index < -0.39 is 11.9 Å². The van der Waals surface area contributed by atoms with Gasteiger partial charge in [0.2, 0.25) is 0 Å². The number of nitrogens with zero attached hydrogens (tertiary/aromatic N) is 4. The highest BCUT2D eigenvalue weighted by molar-refractivity contribution is 5.69. The Morgan fingerprint density at radius 2 is 2.18 bits per heavy atom. The van der Waals surface area contributed by atoms with Gasteiger partial charge in [-0.15, -0.1) is 0 Å². The number of carboxylic acid groups (broad SMARTS) is 1. The molecule has 3 heterocycles. The summed E-state index contributed by atoms with van der Waals surface area (Å²) in [5.41, 5.74) is 1.40. The molecule has 0 fully saturated rings. The molecule has 0 aromatic carbocycles. The molecule has 3 rings (SSSR count). The van der Waals surface area contributed by atoms with Gasteiger partial charge in [0.25, 0.3) is 0 Å². The second kappa shape index (κ2) is 5.43. The van der Waals surface area contributed by atoms with E-state index >= 15 is 0 Å². The van der Waals surface area contributed by atoms with Crippen LogP contribution in [0, 0.1) is 19.8 Å². The third kappa shape index (κ3) is 2.44. The topological polar surface area (TPSA) is 103 Å². The van der Waals surface area contributed by atoms with Crippen molar-refractivity contribution in [2.45, 2.75) is 46.2 Å². The van der Waals surface area contributed by atoms with Crippen LogP contribution < -0.4 is 5.69 Å². The van der Waals surface area contributed by atoms with Gasteiger partial charge in [0, 0.05) is 18.5 Å². The van der Waals surface area contributed by atoms with Gasteiger partial charge in [-0.2, -0.15) is 5.10 Å². The van der Waals surface area contributed by atoms with Gasteiger partial charge in [0.05, 0.1) is 18.2 Å². The molecule has 1 atom stereocenters. The molecule has 1 aliphatic rings. The zero-order chi connectivity index (χ0) is 15.9. The molecule has 0 bridgehead atoms. The van der Waals surface area contributed by atoms with Crippen LogP contribution in [0.5, 0.6) is 0 Å². The summed E-state index contributed by atoms with van der Waals surface area (Å²) in [7, 11) is 0. The first-order valence-corrected chi connectivity index (χ1v) is 7.28. The maximum absolute atomic E-state index is 12.5. The predicted octanol–water partition coefficient (Wildman–Crippen LogP) is 0.735. The minimum atomic E-state index is -0.804. The minimum absolute atomic E-state index is 0.207. The lowest BCUT2D eigenvalue weighted by atomic mass is 10.0. The van der Waals surface area contributed by atoms with Gasteiger partial charge < -0.3 is 9.63 Å². The highest BCUT2D eigenvalue weighted by Crippen LogP contribution is 2.19. The van der Waals surface area contributed by atoms with E-state index in [1.165, 1.54) is 4.68 Å². The maximum Gasteiger partial charge on any atom is 0.346 e. The second-order valence-electron chi connectivity index (χ2n) is 5.67. The van der Waals surface area contributed by atoms with Crippen LogP contribution >= 0.6 is 0 Å². The fourth-order valence-electron chi connectivity index (χ4n) is 2.86. The molecule has 1 unspecified atom stereocenters. The van der Waals surface area contributed by atoms with Gasteiger partial charge in [-0.25, -0.2) is 9.48 Å². The van der Waals surface area contributed by atoms with Crippen molar-refractivity contribution in [3.63, 3.8) is 0 Å². The molecule has 0 aliphatic carbocycles. The number of carboxylic acids is 1. The van der Waals surface area contributed by atoms with Crippen molar-refractivity contribution in [2.75, 3.05) is 0 Å². The fourth-order valence-corrected chi connectivity index (χ4v) is 2.86. The summed E-state index contributed by atoms with van der Waals surface area (Å²) < 4.78 is 8.09. The average Bonchev–Trinajstić information content (AvgIpc) is 2.84. The number of hydrogen-bond donors (Lipinski definition) is 1. The molecule has 1 aliphatic heterocycles. The van der Waals surface area contributed by atoms with E-state index in [1.54, 1.807) is 11.5 Å². The molecule has 0 saturated carbocycles. The van der Waals surface area contributed by atoms with Crippen LogP contribution in [0.25, 0.3) is 0 Å². The van der Waals surface area contributed by atoms with Crippen LogP contribution in [-0.2, 0) is 24.3 Å². The molecule has 0 saturated heterocycles. The Balaban J connectivity index is 1.88. The van der Waals surface area contributed by atoms with Crippen LogP contribution in [0.3, 0.4) is 0 Å². The maximum atomic E-state index is 12.5. The Bertz CT molecular complexity index is 751. The SMILES string of the molecule is Cc1noc(C)c1Cn1nc2n(c1=O)CCC(C(=O)O)CC2. The summed E-state index contributed by atoms with van der Waals surface area (Å²) in [5, 5.41) is 17.3. The predicted molar refractivity (Wildman–Crippen MR) is 75.6 cm³/mol. The smallest absolute Gasteiger partial charge is 0.346 e. The molecule has 2 aromatic rings. The van der Waals surface area contributed by atoms with E-state index in [-0.39, 0.29) is 5.69 Å². The van der Waals surface area contributed by atoms with Gasteiger partial charge in [0.15, 0.2) is 0 Å². The lowest BCUT2D eigenvalue weighted by Gasteiger charge is -2.06. The molecule has 8 heteroatoms. The zero-order valence-corrected chi connectivity index (χ0v) is 12.6. The number of aromatic nitrogens is 4. The van der Waals surface area contributed by atoms with Crippen molar-refractivity contribution in [3.8, 4) is 0 Å². The van der Waals surface area contributed by atoms with Crippen LogP contribution in [0.2, 0.25) is 0 Å². The van der Waals surface area contributed by atoms with Crippen LogP contribution in [0.1, 0.15) is 35.7 Å². The summed E-state index contributed by atoms with van der Waals surface area (Å²) in [5.74, 6) is 0.123. The van der Waals surface area contributed by atoms with E-state index in [9.17, 15) is 9.59 Å². The second-order valence-corrected chi connectivity index (χ2v) is 5.67. The van der Waals surface area contributed by atoms with Gasteiger partial charge in [0.1, 0.15) is 11.6 Å². The molecule has 0 amide bonds. The standard InChI is InChI=1S/C14H18N4O4/c1-8-11(9(2)22-16-8)7-18-14(21)17-6-5-10(13(19)20)3-4-12(17)15-18/h10H,3-7H2,1-2H3,(H,19,20). The Morgan fingerprint density at radius 3 is 2.82 bits per heavy atom. The number of aliphatic carboxylic acids is 1. The first-order valence-electron chi connectivity index (χ1n) is 7.28. The first kappa shape index (κ1) is 14.6. The number of fused-ring (bicyclic) bond motifs is 1. The van der Waals surface area contributed by atoms with Gasteiger partial charge in [-0.3, -0.25) is 9.36 Å². The lowest BCUT2D eigenvalue weighted by molar-refractivity contribution is -0.142. The largest absolute Gasteiger partial charge is 0.481 e.